The lowest BCUT2D eigenvalue weighted by molar-refractivity contribution is -0.0864. The van der Waals surface area contributed by atoms with Crippen molar-refractivity contribution < 1.29 is 9.47 Å². The summed E-state index contributed by atoms with van der Waals surface area (Å²) in [4.78, 5) is 7.54. The summed E-state index contributed by atoms with van der Waals surface area (Å²) in [5.41, 5.74) is 0.651. The van der Waals surface area contributed by atoms with Crippen molar-refractivity contribution in [1.82, 2.24) is 0 Å². The van der Waals surface area contributed by atoms with Gasteiger partial charge >= 0.3 is 6.02 Å². The number of allylic oxidation sites excluding steroid dienone is 1. The number of ether oxygens (including phenoxy) is 2. The maximum Gasteiger partial charge on any atom is 0.316 e. The Morgan fingerprint density at radius 2 is 2.25 bits per heavy atom. The van der Waals surface area contributed by atoms with Crippen molar-refractivity contribution in [1.29, 1.82) is 0 Å². The van der Waals surface area contributed by atoms with E-state index in [1.165, 1.54) is 0 Å². The molecule has 1 aliphatic rings. The SMILES string of the molecule is C=NC(=NC(=C)C)OC1COC1. The van der Waals surface area contributed by atoms with E-state index in [0.29, 0.717) is 18.9 Å². The van der Waals surface area contributed by atoms with Gasteiger partial charge in [0.25, 0.3) is 0 Å². The molecule has 66 valence electrons. The summed E-state index contributed by atoms with van der Waals surface area (Å²) in [7, 11) is 0. The Hall–Kier alpha value is -1.16. The third-order valence-electron chi connectivity index (χ3n) is 1.30. The van der Waals surface area contributed by atoms with Crippen molar-refractivity contribution >= 4 is 12.7 Å². The molecule has 0 atom stereocenters. The highest BCUT2D eigenvalue weighted by Gasteiger charge is 2.21. The number of aliphatic imine (C=N–C) groups is 2. The summed E-state index contributed by atoms with van der Waals surface area (Å²) in [6, 6.07) is 0.274. The Labute approximate surface area is 71.6 Å². The lowest BCUT2D eigenvalue weighted by atomic mass is 10.3. The highest BCUT2D eigenvalue weighted by molar-refractivity contribution is 5.79. The van der Waals surface area contributed by atoms with Crippen LogP contribution in [-0.4, -0.2) is 32.1 Å². The minimum Gasteiger partial charge on any atom is -0.455 e. The minimum atomic E-state index is 0.0774. The van der Waals surface area contributed by atoms with E-state index >= 15 is 0 Å². The molecule has 1 heterocycles. The van der Waals surface area contributed by atoms with E-state index in [1.54, 1.807) is 6.92 Å². The standard InChI is InChI=1S/C8H12N2O2/c1-6(2)10-8(9-3)12-7-4-11-5-7/h7H,1,3-5H2,2H3. The summed E-state index contributed by atoms with van der Waals surface area (Å²) in [5.74, 6) is 0. The van der Waals surface area contributed by atoms with E-state index < -0.39 is 0 Å². The zero-order chi connectivity index (χ0) is 8.97. The van der Waals surface area contributed by atoms with Crippen LogP contribution in [0.25, 0.3) is 0 Å². The molecule has 0 saturated carbocycles. The summed E-state index contributed by atoms with van der Waals surface area (Å²) in [6.07, 6.45) is 0.0774. The third kappa shape index (κ3) is 2.47. The first kappa shape index (κ1) is 8.93. The van der Waals surface area contributed by atoms with Crippen molar-refractivity contribution in [3.63, 3.8) is 0 Å². The Balaban J connectivity index is 2.43. The lowest BCUT2D eigenvalue weighted by Gasteiger charge is -2.25. The molecule has 0 spiro atoms. The molecule has 1 rings (SSSR count). The average Bonchev–Trinajstić information content (AvgIpc) is 1.93. The second-order valence-corrected chi connectivity index (χ2v) is 2.57. The van der Waals surface area contributed by atoms with Crippen molar-refractivity contribution in [2.24, 2.45) is 9.98 Å². The second kappa shape index (κ2) is 4.01. The van der Waals surface area contributed by atoms with Crippen LogP contribution in [0.2, 0.25) is 0 Å². The maximum absolute atomic E-state index is 5.28. The molecule has 0 aliphatic carbocycles. The van der Waals surface area contributed by atoms with Gasteiger partial charge in [0.1, 0.15) is 6.10 Å². The van der Waals surface area contributed by atoms with Crippen molar-refractivity contribution in [3.05, 3.63) is 12.3 Å². The van der Waals surface area contributed by atoms with E-state index in [0.717, 1.165) is 0 Å². The predicted octanol–water partition coefficient (Wildman–Crippen LogP) is 0.992. The van der Waals surface area contributed by atoms with Gasteiger partial charge in [-0.3, -0.25) is 0 Å². The second-order valence-electron chi connectivity index (χ2n) is 2.57. The number of amidine groups is 1. The fraction of sp³-hybridized carbons (Fsp3) is 0.500. The van der Waals surface area contributed by atoms with Gasteiger partial charge in [0.15, 0.2) is 0 Å². The van der Waals surface area contributed by atoms with Crippen LogP contribution >= 0.6 is 0 Å². The van der Waals surface area contributed by atoms with Gasteiger partial charge in [0, 0.05) is 5.70 Å². The van der Waals surface area contributed by atoms with Gasteiger partial charge in [-0.1, -0.05) is 6.58 Å². The molecule has 0 N–H and O–H groups in total. The first-order chi connectivity index (χ1) is 5.72. The molecular weight excluding hydrogens is 156 g/mol. The first-order valence-electron chi connectivity index (χ1n) is 3.67. The van der Waals surface area contributed by atoms with Crippen molar-refractivity contribution in [2.45, 2.75) is 13.0 Å². The number of rotatable bonds is 2. The van der Waals surface area contributed by atoms with Crippen molar-refractivity contribution in [2.75, 3.05) is 13.2 Å². The molecule has 0 bridgehead atoms. The van der Waals surface area contributed by atoms with Crippen LogP contribution in [0.3, 0.4) is 0 Å². The number of hydrogen-bond acceptors (Lipinski definition) is 3. The highest BCUT2D eigenvalue weighted by Crippen LogP contribution is 2.07. The molecule has 1 fully saturated rings. The summed E-state index contributed by atoms with van der Waals surface area (Å²) < 4.78 is 10.2. The number of nitrogens with zero attached hydrogens (tertiary/aromatic N) is 2. The van der Waals surface area contributed by atoms with Crippen LogP contribution in [0.4, 0.5) is 0 Å². The van der Waals surface area contributed by atoms with Crippen LogP contribution in [0, 0.1) is 0 Å². The predicted molar refractivity (Wildman–Crippen MR) is 47.5 cm³/mol. The fourth-order valence-corrected chi connectivity index (χ4v) is 0.693. The topological polar surface area (TPSA) is 43.2 Å². The third-order valence-corrected chi connectivity index (χ3v) is 1.30. The molecule has 0 unspecified atom stereocenters. The zero-order valence-electron chi connectivity index (χ0n) is 7.12. The molecule has 4 heteroatoms. The van der Waals surface area contributed by atoms with E-state index in [1.807, 2.05) is 0 Å². The van der Waals surface area contributed by atoms with Gasteiger partial charge in [0.2, 0.25) is 0 Å². The molecule has 12 heavy (non-hydrogen) atoms. The van der Waals surface area contributed by atoms with Crippen molar-refractivity contribution in [3.8, 4) is 0 Å². The Kier molecular flexibility index (Phi) is 2.99. The van der Waals surface area contributed by atoms with Gasteiger partial charge in [-0.25, -0.2) is 9.98 Å². The monoisotopic (exact) mass is 168 g/mol. The molecule has 0 radical (unpaired) electrons. The van der Waals surface area contributed by atoms with Gasteiger partial charge in [-0.2, -0.15) is 0 Å². The van der Waals surface area contributed by atoms with Gasteiger partial charge < -0.3 is 9.47 Å². The molecule has 0 aromatic rings. The zero-order valence-corrected chi connectivity index (χ0v) is 7.12. The normalized spacial score (nSPS) is 18.2. The molecule has 0 aromatic heterocycles. The van der Waals surface area contributed by atoms with Crippen LogP contribution in [0.1, 0.15) is 6.92 Å². The van der Waals surface area contributed by atoms with E-state index in [2.05, 4.69) is 23.3 Å². The molecule has 4 nitrogen and oxygen atoms in total. The average molecular weight is 168 g/mol. The van der Waals surface area contributed by atoms with Gasteiger partial charge in [-0.15, -0.1) is 0 Å². The molecule has 0 amide bonds. The Morgan fingerprint density at radius 3 is 2.58 bits per heavy atom. The molecule has 1 aliphatic heterocycles. The Morgan fingerprint density at radius 1 is 1.58 bits per heavy atom. The fourth-order valence-electron chi connectivity index (χ4n) is 0.693. The minimum absolute atomic E-state index is 0.0774. The molecule has 1 saturated heterocycles. The largest absolute Gasteiger partial charge is 0.455 e. The smallest absolute Gasteiger partial charge is 0.316 e. The van der Waals surface area contributed by atoms with Crippen LogP contribution < -0.4 is 0 Å². The van der Waals surface area contributed by atoms with Crippen LogP contribution in [-0.2, 0) is 9.47 Å². The molecule has 0 aromatic carbocycles. The quantitative estimate of drug-likeness (QED) is 0.456. The van der Waals surface area contributed by atoms with Gasteiger partial charge in [-0.05, 0) is 13.6 Å². The van der Waals surface area contributed by atoms with Crippen LogP contribution in [0.5, 0.6) is 0 Å². The molecular formula is C8H12N2O2. The number of hydrogen-bond donors (Lipinski definition) is 0. The summed E-state index contributed by atoms with van der Waals surface area (Å²) >= 11 is 0. The highest BCUT2D eigenvalue weighted by atomic mass is 16.6. The summed E-state index contributed by atoms with van der Waals surface area (Å²) in [6.45, 7) is 9.92. The van der Waals surface area contributed by atoms with Gasteiger partial charge in [0.05, 0.1) is 13.2 Å². The lowest BCUT2D eigenvalue weighted by Crippen LogP contribution is -2.37. The van der Waals surface area contributed by atoms with E-state index in [4.69, 9.17) is 9.47 Å². The summed E-state index contributed by atoms with van der Waals surface area (Å²) in [5, 5.41) is 0. The Bertz CT molecular complexity index is 219. The maximum atomic E-state index is 5.28. The first-order valence-corrected chi connectivity index (χ1v) is 3.67. The van der Waals surface area contributed by atoms with E-state index in [-0.39, 0.29) is 12.1 Å². The van der Waals surface area contributed by atoms with E-state index in [9.17, 15) is 0 Å². The van der Waals surface area contributed by atoms with Crippen LogP contribution in [0.15, 0.2) is 22.3 Å².